The van der Waals surface area contributed by atoms with Gasteiger partial charge in [0.1, 0.15) is 6.54 Å². The molecule has 29 heavy (non-hydrogen) atoms. The number of carbonyl (C=O) groups excluding carboxylic acids is 3. The molecule has 0 bridgehead atoms. The second kappa shape index (κ2) is 7.77. The minimum Gasteiger partial charge on any atom is -0.343 e. The molecule has 8 nitrogen and oxygen atoms in total. The number of anilines is 1. The van der Waals surface area contributed by atoms with Gasteiger partial charge in [0, 0.05) is 31.5 Å². The molecule has 0 saturated heterocycles. The van der Waals surface area contributed by atoms with Crippen molar-refractivity contribution in [2.24, 2.45) is 0 Å². The Bertz CT molecular complexity index is 1050. The number of ketones is 1. The van der Waals surface area contributed by atoms with Gasteiger partial charge in [-0.05, 0) is 31.0 Å². The Morgan fingerprint density at radius 1 is 1.17 bits per heavy atom. The van der Waals surface area contributed by atoms with Gasteiger partial charge in [-0.1, -0.05) is 19.3 Å². The number of fused-ring (bicyclic) bond motifs is 2. The predicted octanol–water partition coefficient (Wildman–Crippen LogP) is 2.10. The molecule has 1 fully saturated rings. The molecule has 1 aliphatic carbocycles. The fourth-order valence-corrected chi connectivity index (χ4v) is 4.16. The molecule has 2 amide bonds. The predicted molar refractivity (Wildman–Crippen MR) is 108 cm³/mol. The van der Waals surface area contributed by atoms with Crippen molar-refractivity contribution < 1.29 is 14.4 Å². The number of nitrogens with zero attached hydrogens (tertiary/aromatic N) is 3. The van der Waals surface area contributed by atoms with E-state index in [0.29, 0.717) is 16.5 Å². The first kappa shape index (κ1) is 19.3. The maximum absolute atomic E-state index is 12.6. The summed E-state index contributed by atoms with van der Waals surface area (Å²) in [6, 6.07) is 5.00. The highest BCUT2D eigenvalue weighted by atomic mass is 16.2. The van der Waals surface area contributed by atoms with Gasteiger partial charge in [0.05, 0.1) is 10.9 Å². The van der Waals surface area contributed by atoms with Crippen LogP contribution in [0.15, 0.2) is 23.0 Å². The lowest BCUT2D eigenvalue weighted by Crippen LogP contribution is -2.38. The standard InChI is InChI=1S/C21H24N4O4/c1-24(14-5-3-2-4-6-14)19(28)10-9-17(26)13-7-8-16-15(11-13)20(29)25-12-18(27)23-21(25)22-16/h7-8,11,14H,2-6,9-10,12H2,1H3,(H,22,23,27). The van der Waals surface area contributed by atoms with Crippen molar-refractivity contribution >= 4 is 34.4 Å². The molecular weight excluding hydrogens is 372 g/mol. The molecule has 1 aliphatic heterocycles. The zero-order valence-corrected chi connectivity index (χ0v) is 16.4. The molecule has 4 rings (SSSR count). The number of amides is 2. The van der Waals surface area contributed by atoms with E-state index in [0.717, 1.165) is 25.7 Å². The number of carbonyl (C=O) groups is 3. The summed E-state index contributed by atoms with van der Waals surface area (Å²) in [5.41, 5.74) is 0.446. The fraction of sp³-hybridized carbons (Fsp3) is 0.476. The molecule has 152 valence electrons. The van der Waals surface area contributed by atoms with Crippen molar-refractivity contribution in [3.8, 4) is 0 Å². The summed E-state index contributed by atoms with van der Waals surface area (Å²) >= 11 is 0. The second-order valence-corrected chi connectivity index (χ2v) is 7.83. The third kappa shape index (κ3) is 3.79. The van der Waals surface area contributed by atoms with E-state index in [9.17, 15) is 19.2 Å². The van der Waals surface area contributed by atoms with Crippen molar-refractivity contribution in [3.63, 3.8) is 0 Å². The number of nitrogens with one attached hydrogen (secondary N) is 1. The number of hydrogen-bond donors (Lipinski definition) is 1. The maximum atomic E-state index is 12.6. The summed E-state index contributed by atoms with van der Waals surface area (Å²) in [6.07, 6.45) is 5.82. The molecule has 2 heterocycles. The minimum atomic E-state index is -0.355. The number of aromatic nitrogens is 2. The average molecular weight is 396 g/mol. The molecule has 2 aliphatic rings. The fourth-order valence-electron chi connectivity index (χ4n) is 4.16. The molecular formula is C21H24N4O4. The van der Waals surface area contributed by atoms with Crippen LogP contribution in [0.25, 0.3) is 10.9 Å². The van der Waals surface area contributed by atoms with Crippen LogP contribution in [-0.4, -0.2) is 45.1 Å². The SMILES string of the molecule is CN(C(=O)CCC(=O)c1ccc2nc3n(c(=O)c2c1)CC(=O)N3)C1CCCCC1. The molecule has 1 aromatic carbocycles. The smallest absolute Gasteiger partial charge is 0.263 e. The normalized spacial score (nSPS) is 16.5. The van der Waals surface area contributed by atoms with Crippen LogP contribution in [0.5, 0.6) is 0 Å². The molecule has 0 atom stereocenters. The van der Waals surface area contributed by atoms with Crippen molar-refractivity contribution in [2.45, 2.75) is 57.5 Å². The van der Waals surface area contributed by atoms with E-state index in [2.05, 4.69) is 10.3 Å². The Hall–Kier alpha value is -3.03. The van der Waals surface area contributed by atoms with Gasteiger partial charge in [0.15, 0.2) is 5.78 Å². The average Bonchev–Trinajstić information content (AvgIpc) is 3.12. The molecule has 0 unspecified atom stereocenters. The third-order valence-electron chi connectivity index (χ3n) is 5.91. The van der Waals surface area contributed by atoms with E-state index in [1.54, 1.807) is 17.0 Å². The van der Waals surface area contributed by atoms with Gasteiger partial charge in [0.2, 0.25) is 17.8 Å². The minimum absolute atomic E-state index is 0.0184. The second-order valence-electron chi connectivity index (χ2n) is 7.83. The van der Waals surface area contributed by atoms with E-state index in [1.807, 2.05) is 7.05 Å². The van der Waals surface area contributed by atoms with Crippen molar-refractivity contribution in [3.05, 3.63) is 34.1 Å². The number of benzene rings is 1. The topological polar surface area (TPSA) is 101 Å². The van der Waals surface area contributed by atoms with E-state index in [-0.39, 0.29) is 54.5 Å². The van der Waals surface area contributed by atoms with Crippen LogP contribution < -0.4 is 10.9 Å². The van der Waals surface area contributed by atoms with Crippen LogP contribution in [0.2, 0.25) is 0 Å². The van der Waals surface area contributed by atoms with Crippen LogP contribution in [-0.2, 0) is 16.1 Å². The molecule has 1 N–H and O–H groups in total. The van der Waals surface area contributed by atoms with Gasteiger partial charge in [0.25, 0.3) is 5.56 Å². The number of hydrogen-bond acceptors (Lipinski definition) is 5. The first-order valence-electron chi connectivity index (χ1n) is 10.1. The Balaban J connectivity index is 1.47. The lowest BCUT2D eigenvalue weighted by Gasteiger charge is -2.31. The first-order valence-corrected chi connectivity index (χ1v) is 10.1. The monoisotopic (exact) mass is 396 g/mol. The highest BCUT2D eigenvalue weighted by Crippen LogP contribution is 2.23. The Kier molecular flexibility index (Phi) is 5.17. The van der Waals surface area contributed by atoms with Crippen molar-refractivity contribution in [1.82, 2.24) is 14.5 Å². The van der Waals surface area contributed by atoms with Crippen LogP contribution >= 0.6 is 0 Å². The Labute approximate surface area is 167 Å². The number of Topliss-reactive ketones (excluding diaryl/α,β-unsaturated/α-hetero) is 1. The molecule has 2 aromatic rings. The van der Waals surface area contributed by atoms with Crippen LogP contribution in [0.4, 0.5) is 5.95 Å². The molecule has 0 spiro atoms. The first-order chi connectivity index (χ1) is 13.9. The number of rotatable bonds is 5. The Morgan fingerprint density at radius 2 is 1.93 bits per heavy atom. The van der Waals surface area contributed by atoms with E-state index in [1.165, 1.54) is 17.1 Å². The zero-order chi connectivity index (χ0) is 20.5. The van der Waals surface area contributed by atoms with Crippen LogP contribution in [0.3, 0.4) is 0 Å². The Morgan fingerprint density at radius 3 is 2.69 bits per heavy atom. The van der Waals surface area contributed by atoms with Crippen LogP contribution in [0.1, 0.15) is 55.3 Å². The summed E-state index contributed by atoms with van der Waals surface area (Å²) in [6.45, 7) is -0.0721. The third-order valence-corrected chi connectivity index (χ3v) is 5.91. The van der Waals surface area contributed by atoms with E-state index in [4.69, 9.17) is 0 Å². The van der Waals surface area contributed by atoms with Crippen LogP contribution in [0, 0.1) is 0 Å². The summed E-state index contributed by atoms with van der Waals surface area (Å²) in [5, 5.41) is 2.84. The maximum Gasteiger partial charge on any atom is 0.263 e. The summed E-state index contributed by atoms with van der Waals surface area (Å²) in [5.74, 6) is -0.267. The van der Waals surface area contributed by atoms with Gasteiger partial charge in [-0.3, -0.25) is 29.1 Å². The molecule has 0 radical (unpaired) electrons. The van der Waals surface area contributed by atoms with E-state index < -0.39 is 0 Å². The molecule has 1 aromatic heterocycles. The molecule has 8 heteroatoms. The summed E-state index contributed by atoms with van der Waals surface area (Å²) < 4.78 is 1.27. The highest BCUT2D eigenvalue weighted by Gasteiger charge is 2.24. The van der Waals surface area contributed by atoms with Crippen molar-refractivity contribution in [2.75, 3.05) is 12.4 Å². The van der Waals surface area contributed by atoms with Gasteiger partial charge in [-0.2, -0.15) is 0 Å². The lowest BCUT2D eigenvalue weighted by atomic mass is 9.94. The van der Waals surface area contributed by atoms with E-state index >= 15 is 0 Å². The van der Waals surface area contributed by atoms with Gasteiger partial charge >= 0.3 is 0 Å². The lowest BCUT2D eigenvalue weighted by molar-refractivity contribution is -0.132. The summed E-state index contributed by atoms with van der Waals surface area (Å²) in [4.78, 5) is 55.3. The van der Waals surface area contributed by atoms with Gasteiger partial charge < -0.3 is 4.90 Å². The zero-order valence-electron chi connectivity index (χ0n) is 16.4. The quantitative estimate of drug-likeness (QED) is 0.780. The summed E-state index contributed by atoms with van der Waals surface area (Å²) in [7, 11) is 1.82. The largest absolute Gasteiger partial charge is 0.343 e. The van der Waals surface area contributed by atoms with Gasteiger partial charge in [-0.25, -0.2) is 4.98 Å². The van der Waals surface area contributed by atoms with Gasteiger partial charge in [-0.15, -0.1) is 0 Å². The van der Waals surface area contributed by atoms with Crippen molar-refractivity contribution in [1.29, 1.82) is 0 Å². The highest BCUT2D eigenvalue weighted by molar-refractivity contribution is 6.01. The molecule has 1 saturated carbocycles.